The van der Waals surface area contributed by atoms with E-state index in [0.717, 1.165) is 17.2 Å². The van der Waals surface area contributed by atoms with E-state index in [1.807, 2.05) is 17.2 Å². The van der Waals surface area contributed by atoms with Crippen LogP contribution in [-0.2, 0) is 21.2 Å². The van der Waals surface area contributed by atoms with Crippen molar-refractivity contribution in [3.8, 4) is 0 Å². The Balaban J connectivity index is 1.76. The minimum Gasteiger partial charge on any atom is -0.348 e. The minimum absolute atomic E-state index is 0.0154. The predicted octanol–water partition coefficient (Wildman–Crippen LogP) is -0.177. The summed E-state index contributed by atoms with van der Waals surface area (Å²) >= 11 is 1.61. The average molecular weight is 373 g/mol. The van der Waals surface area contributed by atoms with Crippen molar-refractivity contribution >= 4 is 27.1 Å². The van der Waals surface area contributed by atoms with E-state index in [-0.39, 0.29) is 36.0 Å². The molecule has 2 aliphatic rings. The Kier molecular flexibility index (Phi) is 4.96. The monoisotopic (exact) mass is 372 g/mol. The summed E-state index contributed by atoms with van der Waals surface area (Å²) in [6.07, 6.45) is 0. The molecule has 0 aromatic carbocycles. The molecular weight excluding hydrogens is 348 g/mol. The number of hydrogen-bond donors (Lipinski definition) is 0. The molecule has 0 unspecified atom stereocenters. The Labute approximate surface area is 147 Å². The number of piperazine rings is 1. The van der Waals surface area contributed by atoms with Crippen LogP contribution in [0.15, 0.2) is 5.38 Å². The van der Waals surface area contributed by atoms with Gasteiger partial charge in [0.15, 0.2) is 9.84 Å². The van der Waals surface area contributed by atoms with Crippen LogP contribution in [0.5, 0.6) is 0 Å². The summed E-state index contributed by atoms with van der Waals surface area (Å²) in [4.78, 5) is 22.4. The number of nitrogens with zero attached hydrogens (tertiary/aromatic N) is 4. The van der Waals surface area contributed by atoms with Gasteiger partial charge in [-0.3, -0.25) is 14.6 Å². The van der Waals surface area contributed by atoms with Crippen LogP contribution in [0.4, 0.5) is 0 Å². The summed E-state index contributed by atoms with van der Waals surface area (Å²) in [5.41, 5.74) is 0.998. The molecule has 1 aromatic heterocycles. The van der Waals surface area contributed by atoms with E-state index in [1.54, 1.807) is 30.3 Å². The lowest BCUT2D eigenvalue weighted by molar-refractivity contribution is -0.131. The number of hydrogen-bond acceptors (Lipinski definition) is 7. The molecule has 3 rings (SSSR count). The third-order valence-electron chi connectivity index (χ3n) is 4.77. The van der Waals surface area contributed by atoms with Gasteiger partial charge in [-0.05, 0) is 6.92 Å². The zero-order valence-electron chi connectivity index (χ0n) is 14.3. The van der Waals surface area contributed by atoms with E-state index in [9.17, 15) is 13.2 Å². The number of likely N-dealkylation sites (N-methyl/N-ethyl adjacent to an activating group) is 1. The van der Waals surface area contributed by atoms with Crippen LogP contribution >= 0.6 is 11.3 Å². The number of sulfone groups is 1. The highest BCUT2D eigenvalue weighted by Gasteiger charge is 2.46. The van der Waals surface area contributed by atoms with E-state index in [0.29, 0.717) is 13.1 Å². The second-order valence-electron chi connectivity index (χ2n) is 6.80. The van der Waals surface area contributed by atoms with E-state index in [4.69, 9.17) is 0 Å². The Bertz CT molecular complexity index is 716. The second kappa shape index (κ2) is 6.70. The minimum atomic E-state index is -3.06. The second-order valence-corrected chi connectivity index (χ2v) is 10.0. The number of aryl methyl sites for hydroxylation is 1. The molecule has 2 atom stereocenters. The largest absolute Gasteiger partial charge is 0.348 e. The molecule has 2 saturated heterocycles. The molecule has 0 aliphatic carbocycles. The van der Waals surface area contributed by atoms with E-state index in [2.05, 4.69) is 9.88 Å². The van der Waals surface area contributed by atoms with Crippen LogP contribution in [0.1, 0.15) is 10.7 Å². The summed E-state index contributed by atoms with van der Waals surface area (Å²) in [5.74, 6) is 0.333. The third-order valence-corrected chi connectivity index (χ3v) is 7.30. The lowest BCUT2D eigenvalue weighted by Gasteiger charge is -2.43. The maximum atomic E-state index is 12.2. The van der Waals surface area contributed by atoms with Crippen molar-refractivity contribution in [1.82, 2.24) is 19.7 Å². The molecule has 1 amide bonds. The third kappa shape index (κ3) is 3.79. The smallest absolute Gasteiger partial charge is 0.236 e. The summed E-state index contributed by atoms with van der Waals surface area (Å²) in [6, 6.07) is -0.159. The Morgan fingerprint density at radius 2 is 1.92 bits per heavy atom. The van der Waals surface area contributed by atoms with E-state index in [1.165, 1.54) is 0 Å². The van der Waals surface area contributed by atoms with Crippen LogP contribution in [0.3, 0.4) is 0 Å². The maximum absolute atomic E-state index is 12.2. The number of carbonyl (C=O) groups is 1. The highest BCUT2D eigenvalue weighted by atomic mass is 32.2. The van der Waals surface area contributed by atoms with Gasteiger partial charge in [-0.1, -0.05) is 0 Å². The summed E-state index contributed by atoms with van der Waals surface area (Å²) in [7, 11) is 0.393. The number of aromatic nitrogens is 1. The Morgan fingerprint density at radius 3 is 2.50 bits per heavy atom. The van der Waals surface area contributed by atoms with Gasteiger partial charge in [0.05, 0.1) is 28.8 Å². The normalized spacial score (nSPS) is 27.1. The molecule has 7 nitrogen and oxygen atoms in total. The van der Waals surface area contributed by atoms with Crippen LogP contribution in [0.25, 0.3) is 0 Å². The molecular formula is C15H24N4O3S2. The zero-order valence-corrected chi connectivity index (χ0v) is 15.9. The number of thiazole rings is 1. The Morgan fingerprint density at radius 1 is 1.29 bits per heavy atom. The average Bonchev–Trinajstić information content (AvgIpc) is 3.03. The zero-order chi connectivity index (χ0) is 17.5. The Hall–Kier alpha value is -1.03. The van der Waals surface area contributed by atoms with Gasteiger partial charge in [0.1, 0.15) is 0 Å². The molecule has 24 heavy (non-hydrogen) atoms. The van der Waals surface area contributed by atoms with Crippen molar-refractivity contribution < 1.29 is 13.2 Å². The number of carbonyl (C=O) groups excluding carboxylic acids is 1. The summed E-state index contributed by atoms with van der Waals surface area (Å²) in [5, 5.41) is 3.06. The van der Waals surface area contributed by atoms with Gasteiger partial charge >= 0.3 is 0 Å². The summed E-state index contributed by atoms with van der Waals surface area (Å²) < 4.78 is 24.4. The lowest BCUT2D eigenvalue weighted by Crippen LogP contribution is -2.60. The van der Waals surface area contributed by atoms with Crippen molar-refractivity contribution in [3.63, 3.8) is 0 Å². The van der Waals surface area contributed by atoms with Gasteiger partial charge in [-0.15, -0.1) is 11.3 Å². The van der Waals surface area contributed by atoms with Crippen molar-refractivity contribution in [2.24, 2.45) is 0 Å². The highest BCUT2D eigenvalue weighted by molar-refractivity contribution is 7.91. The SMILES string of the molecule is Cc1nc(CN2CCN(CC(=O)N(C)C)[C@@H]3CS(=O)(=O)C[C@@H]32)cs1. The molecule has 2 aliphatic heterocycles. The molecule has 0 bridgehead atoms. The molecule has 0 saturated carbocycles. The van der Waals surface area contributed by atoms with Crippen molar-refractivity contribution in [2.75, 3.05) is 45.2 Å². The fourth-order valence-electron chi connectivity index (χ4n) is 3.49. The van der Waals surface area contributed by atoms with Crippen LogP contribution in [0, 0.1) is 6.92 Å². The van der Waals surface area contributed by atoms with Crippen LogP contribution in [-0.4, -0.2) is 91.3 Å². The molecule has 0 radical (unpaired) electrons. The van der Waals surface area contributed by atoms with Crippen molar-refractivity contribution in [1.29, 1.82) is 0 Å². The maximum Gasteiger partial charge on any atom is 0.236 e. The van der Waals surface area contributed by atoms with Crippen molar-refractivity contribution in [2.45, 2.75) is 25.6 Å². The first-order chi connectivity index (χ1) is 11.2. The van der Waals surface area contributed by atoms with Gasteiger partial charge in [0, 0.05) is 51.2 Å². The molecule has 1 aromatic rings. The highest BCUT2D eigenvalue weighted by Crippen LogP contribution is 2.28. The molecule has 0 N–H and O–H groups in total. The van der Waals surface area contributed by atoms with Gasteiger partial charge < -0.3 is 4.90 Å². The van der Waals surface area contributed by atoms with Gasteiger partial charge in [-0.25, -0.2) is 13.4 Å². The molecule has 3 heterocycles. The summed E-state index contributed by atoms with van der Waals surface area (Å²) in [6.45, 7) is 4.40. The number of fused-ring (bicyclic) bond motifs is 1. The van der Waals surface area contributed by atoms with Gasteiger partial charge in [0.2, 0.25) is 5.91 Å². The predicted molar refractivity (Wildman–Crippen MR) is 93.8 cm³/mol. The standard InChI is InChI=1S/C15H24N4O3S2/c1-11-16-12(8-23-11)6-18-4-5-19(7-15(20)17(2)3)14-10-24(21,22)9-13(14)18/h8,13-14H,4-7,9-10H2,1-3H3/t13-,14+/m0/s1. The number of amides is 1. The van der Waals surface area contributed by atoms with Crippen molar-refractivity contribution in [3.05, 3.63) is 16.1 Å². The topological polar surface area (TPSA) is 73.8 Å². The molecule has 9 heteroatoms. The fraction of sp³-hybridized carbons (Fsp3) is 0.733. The first-order valence-electron chi connectivity index (χ1n) is 8.05. The van der Waals surface area contributed by atoms with Gasteiger partial charge in [-0.2, -0.15) is 0 Å². The van der Waals surface area contributed by atoms with Crippen LogP contribution in [0.2, 0.25) is 0 Å². The lowest BCUT2D eigenvalue weighted by atomic mass is 10.0. The first-order valence-corrected chi connectivity index (χ1v) is 10.7. The van der Waals surface area contributed by atoms with E-state index < -0.39 is 9.84 Å². The molecule has 134 valence electrons. The number of rotatable bonds is 4. The van der Waals surface area contributed by atoms with Gasteiger partial charge in [0.25, 0.3) is 0 Å². The molecule has 0 spiro atoms. The molecule has 2 fully saturated rings. The van der Waals surface area contributed by atoms with E-state index >= 15 is 0 Å². The fourth-order valence-corrected chi connectivity index (χ4v) is 6.14. The first kappa shape index (κ1) is 17.8. The van der Waals surface area contributed by atoms with Crippen LogP contribution < -0.4 is 0 Å². The quantitative estimate of drug-likeness (QED) is 0.730.